The number of carboxylic acids is 2. The average molecular weight is 258 g/mol. The Hall–Kier alpha value is -1.63. The molecule has 1 heterocycles. The van der Waals surface area contributed by atoms with Crippen LogP contribution < -0.4 is 5.32 Å². The maximum atomic E-state index is 12.0. The summed E-state index contributed by atoms with van der Waals surface area (Å²) in [5.74, 6) is -2.42. The van der Waals surface area contributed by atoms with Gasteiger partial charge in [-0.1, -0.05) is 0 Å². The number of carbonyl (C=O) groups excluding carboxylic acids is 1. The van der Waals surface area contributed by atoms with Crippen LogP contribution in [0.1, 0.15) is 26.2 Å². The maximum Gasteiger partial charge on any atom is 0.323 e. The predicted octanol–water partition coefficient (Wildman–Crippen LogP) is -0.485. The quantitative estimate of drug-likeness (QED) is 0.614. The first-order valence-corrected chi connectivity index (χ1v) is 5.91. The average Bonchev–Trinajstić information content (AvgIpc) is 2.43. The summed E-state index contributed by atoms with van der Waals surface area (Å²) in [4.78, 5) is 34.7. The lowest BCUT2D eigenvalue weighted by atomic mass is 10.1. The van der Waals surface area contributed by atoms with E-state index in [-0.39, 0.29) is 12.5 Å². The Labute approximate surface area is 105 Å². The van der Waals surface area contributed by atoms with Crippen LogP contribution in [0.25, 0.3) is 0 Å². The molecule has 18 heavy (non-hydrogen) atoms. The lowest BCUT2D eigenvalue weighted by Gasteiger charge is -2.24. The molecule has 1 rings (SSSR count). The normalized spacial score (nSPS) is 22.4. The summed E-state index contributed by atoms with van der Waals surface area (Å²) in [5.41, 5.74) is 0. The van der Waals surface area contributed by atoms with Crippen molar-refractivity contribution >= 4 is 17.8 Å². The molecule has 1 fully saturated rings. The molecule has 0 radical (unpaired) electrons. The molecule has 1 unspecified atom stereocenters. The molecule has 1 aliphatic rings. The van der Waals surface area contributed by atoms with Gasteiger partial charge in [0.25, 0.3) is 0 Å². The molecule has 0 bridgehead atoms. The molecule has 7 heteroatoms. The highest BCUT2D eigenvalue weighted by molar-refractivity contribution is 5.86. The molecule has 3 N–H and O–H groups in total. The molecule has 0 aliphatic carbocycles. The number of hydrogen-bond donors (Lipinski definition) is 3. The molecular formula is C11H18N2O5. The monoisotopic (exact) mass is 258 g/mol. The summed E-state index contributed by atoms with van der Waals surface area (Å²) in [6, 6.07) is -1.44. The smallest absolute Gasteiger partial charge is 0.323 e. The van der Waals surface area contributed by atoms with Gasteiger partial charge >= 0.3 is 11.9 Å². The van der Waals surface area contributed by atoms with Crippen LogP contribution in [-0.4, -0.2) is 58.1 Å². The van der Waals surface area contributed by atoms with Gasteiger partial charge in [0.05, 0.1) is 6.04 Å². The minimum absolute atomic E-state index is 0.331. The van der Waals surface area contributed by atoms with Crippen LogP contribution in [0.4, 0.5) is 0 Å². The van der Waals surface area contributed by atoms with E-state index in [1.807, 2.05) is 0 Å². The maximum absolute atomic E-state index is 12.0. The van der Waals surface area contributed by atoms with E-state index >= 15 is 0 Å². The molecule has 1 saturated heterocycles. The summed E-state index contributed by atoms with van der Waals surface area (Å²) in [5, 5.41) is 20.2. The van der Waals surface area contributed by atoms with E-state index in [1.54, 1.807) is 0 Å². The number of nitrogens with zero attached hydrogens (tertiary/aromatic N) is 1. The minimum Gasteiger partial charge on any atom is -0.480 e. The summed E-state index contributed by atoms with van der Waals surface area (Å²) < 4.78 is 0. The fourth-order valence-corrected chi connectivity index (χ4v) is 1.95. The van der Waals surface area contributed by atoms with Crippen LogP contribution in [-0.2, 0) is 14.4 Å². The van der Waals surface area contributed by atoms with Crippen LogP contribution in [0.3, 0.4) is 0 Å². The number of hydrogen-bond acceptors (Lipinski definition) is 4. The van der Waals surface area contributed by atoms with Crippen LogP contribution >= 0.6 is 0 Å². The fraction of sp³-hybridized carbons (Fsp3) is 0.727. The standard InChI is InChI=1S/C11H18N2O5/c1-7(11(17)18)12-8-4-2-3-5-13(10(8)16)6-9(14)15/h7-8,12H,2-6H2,1H3,(H,14,15)(H,17,18)/t7?,8-/m0/s1. The van der Waals surface area contributed by atoms with Crippen molar-refractivity contribution in [3.63, 3.8) is 0 Å². The second kappa shape index (κ2) is 6.34. The fourth-order valence-electron chi connectivity index (χ4n) is 1.95. The van der Waals surface area contributed by atoms with Gasteiger partial charge in [-0.05, 0) is 26.2 Å². The van der Waals surface area contributed by atoms with Gasteiger partial charge in [0, 0.05) is 6.54 Å². The van der Waals surface area contributed by atoms with Crippen molar-refractivity contribution in [1.29, 1.82) is 0 Å². The minimum atomic E-state index is -1.06. The van der Waals surface area contributed by atoms with Crippen LogP contribution in [0.2, 0.25) is 0 Å². The summed E-state index contributed by atoms with van der Waals surface area (Å²) >= 11 is 0. The van der Waals surface area contributed by atoms with Crippen molar-refractivity contribution in [3.05, 3.63) is 0 Å². The number of carbonyl (C=O) groups is 3. The Morgan fingerprint density at radius 1 is 1.44 bits per heavy atom. The summed E-state index contributed by atoms with van der Waals surface area (Å²) in [7, 11) is 0. The third-order valence-electron chi connectivity index (χ3n) is 2.93. The van der Waals surface area contributed by atoms with Crippen LogP contribution in [0.5, 0.6) is 0 Å². The molecule has 0 aromatic rings. The van der Waals surface area contributed by atoms with Crippen molar-refractivity contribution in [2.75, 3.05) is 13.1 Å². The molecular weight excluding hydrogens is 240 g/mol. The second-order valence-electron chi connectivity index (χ2n) is 4.43. The predicted molar refractivity (Wildman–Crippen MR) is 62.1 cm³/mol. The molecule has 0 aromatic heterocycles. The van der Waals surface area contributed by atoms with E-state index in [4.69, 9.17) is 10.2 Å². The Morgan fingerprint density at radius 2 is 2.11 bits per heavy atom. The van der Waals surface area contributed by atoms with Gasteiger partial charge in [-0.2, -0.15) is 0 Å². The largest absolute Gasteiger partial charge is 0.480 e. The highest BCUT2D eigenvalue weighted by Crippen LogP contribution is 2.12. The van der Waals surface area contributed by atoms with Gasteiger partial charge in [-0.25, -0.2) is 0 Å². The van der Waals surface area contributed by atoms with Crippen molar-refractivity contribution in [1.82, 2.24) is 10.2 Å². The zero-order valence-electron chi connectivity index (χ0n) is 10.3. The number of nitrogens with one attached hydrogen (secondary N) is 1. The SMILES string of the molecule is CC(N[C@H]1CCCCN(CC(=O)O)C1=O)C(=O)O. The second-order valence-corrected chi connectivity index (χ2v) is 4.43. The third kappa shape index (κ3) is 3.99. The van der Waals surface area contributed by atoms with Crippen molar-refractivity contribution in [2.45, 2.75) is 38.3 Å². The number of amides is 1. The highest BCUT2D eigenvalue weighted by Gasteiger charge is 2.30. The molecule has 0 saturated carbocycles. The first-order valence-electron chi connectivity index (χ1n) is 5.91. The van der Waals surface area contributed by atoms with Crippen LogP contribution in [0.15, 0.2) is 0 Å². The Bertz CT molecular complexity index is 344. The van der Waals surface area contributed by atoms with Gasteiger partial charge in [-0.15, -0.1) is 0 Å². The van der Waals surface area contributed by atoms with Gasteiger partial charge in [0.15, 0.2) is 0 Å². The molecule has 1 amide bonds. The van der Waals surface area contributed by atoms with Crippen LogP contribution in [0, 0.1) is 0 Å². The lowest BCUT2D eigenvalue weighted by Crippen LogP contribution is -2.51. The van der Waals surface area contributed by atoms with Gasteiger partial charge in [-0.3, -0.25) is 19.7 Å². The lowest BCUT2D eigenvalue weighted by molar-refractivity contribution is -0.146. The Kier molecular flexibility index (Phi) is 5.08. The number of rotatable bonds is 5. The molecule has 7 nitrogen and oxygen atoms in total. The Balaban J connectivity index is 2.68. The van der Waals surface area contributed by atoms with E-state index in [9.17, 15) is 14.4 Å². The van der Waals surface area contributed by atoms with Crippen molar-refractivity contribution < 1.29 is 24.6 Å². The molecule has 0 aromatic carbocycles. The van der Waals surface area contributed by atoms with Gasteiger partial charge < -0.3 is 15.1 Å². The van der Waals surface area contributed by atoms with Gasteiger partial charge in [0.2, 0.25) is 5.91 Å². The van der Waals surface area contributed by atoms with Gasteiger partial charge in [0.1, 0.15) is 12.6 Å². The highest BCUT2D eigenvalue weighted by atomic mass is 16.4. The first kappa shape index (κ1) is 14.4. The van der Waals surface area contributed by atoms with Crippen molar-refractivity contribution in [3.8, 4) is 0 Å². The molecule has 1 aliphatic heterocycles. The molecule has 2 atom stereocenters. The number of likely N-dealkylation sites (tertiary alicyclic amines) is 1. The van der Waals surface area contributed by atoms with Crippen molar-refractivity contribution in [2.24, 2.45) is 0 Å². The Morgan fingerprint density at radius 3 is 2.67 bits per heavy atom. The molecule has 0 spiro atoms. The summed E-state index contributed by atoms with van der Waals surface area (Å²) in [6.45, 7) is 1.53. The first-order chi connectivity index (χ1) is 8.41. The topological polar surface area (TPSA) is 107 Å². The van der Waals surface area contributed by atoms with E-state index in [0.29, 0.717) is 13.0 Å². The van der Waals surface area contributed by atoms with E-state index < -0.39 is 24.0 Å². The van der Waals surface area contributed by atoms with E-state index in [2.05, 4.69) is 5.32 Å². The zero-order chi connectivity index (χ0) is 13.7. The number of aliphatic carboxylic acids is 2. The zero-order valence-corrected chi connectivity index (χ0v) is 10.3. The van der Waals surface area contributed by atoms with E-state index in [1.165, 1.54) is 11.8 Å². The van der Waals surface area contributed by atoms with E-state index in [0.717, 1.165) is 12.8 Å². The summed E-state index contributed by atoms with van der Waals surface area (Å²) in [6.07, 6.45) is 2.04. The number of carboxylic acid groups (broad SMARTS) is 2. The third-order valence-corrected chi connectivity index (χ3v) is 2.93. The molecule has 102 valence electrons.